The molecule has 1 unspecified atom stereocenters. The number of aliphatic carboxylic acids is 1. The third-order valence-electron chi connectivity index (χ3n) is 7.98. The van der Waals surface area contributed by atoms with Crippen LogP contribution in [0.1, 0.15) is 72.5 Å². The highest BCUT2D eigenvalue weighted by molar-refractivity contribution is 6.14. The summed E-state index contributed by atoms with van der Waals surface area (Å²) in [4.78, 5) is 34.7. The Morgan fingerprint density at radius 1 is 1.10 bits per heavy atom. The minimum absolute atomic E-state index is 0.0648. The fraction of sp³-hybridized carbons (Fsp3) is 0.478. The van der Waals surface area contributed by atoms with E-state index in [2.05, 4.69) is 22.1 Å². The Morgan fingerprint density at radius 3 is 2.40 bits per heavy atom. The van der Waals surface area contributed by atoms with E-state index in [1.807, 2.05) is 17.0 Å². The van der Waals surface area contributed by atoms with Crippen LogP contribution in [-0.4, -0.2) is 27.0 Å². The molecule has 7 heteroatoms. The monoisotopic (exact) mass is 404 g/mol. The molecule has 3 N–H and O–H groups in total. The maximum absolute atomic E-state index is 13.1. The number of rotatable bonds is 3. The van der Waals surface area contributed by atoms with Gasteiger partial charge in [0.15, 0.2) is 0 Å². The van der Waals surface area contributed by atoms with Crippen molar-refractivity contribution < 1.29 is 14.7 Å². The number of benzene rings is 1. The zero-order chi connectivity index (χ0) is 20.7. The van der Waals surface area contributed by atoms with E-state index in [-0.39, 0.29) is 28.6 Å². The van der Waals surface area contributed by atoms with Crippen molar-refractivity contribution in [2.45, 2.75) is 56.4 Å². The third-order valence-corrected chi connectivity index (χ3v) is 7.98. The number of carbonyl (C=O) groups is 2. The van der Waals surface area contributed by atoms with Crippen LogP contribution in [0, 0.1) is 11.3 Å². The second-order valence-electron chi connectivity index (χ2n) is 9.48. The average molecular weight is 404 g/mol. The Bertz CT molecular complexity index is 1070. The molecule has 4 aliphatic rings. The van der Waals surface area contributed by atoms with Crippen LogP contribution in [-0.2, 0) is 10.3 Å². The zero-order valence-corrected chi connectivity index (χ0v) is 16.7. The van der Waals surface area contributed by atoms with Gasteiger partial charge in [0.25, 0.3) is 5.91 Å². The van der Waals surface area contributed by atoms with E-state index < -0.39 is 5.97 Å². The highest BCUT2D eigenvalue weighted by Gasteiger charge is 2.61. The number of hydrogen-bond donors (Lipinski definition) is 2. The molecule has 3 aliphatic carbocycles. The second kappa shape index (κ2) is 5.80. The van der Waals surface area contributed by atoms with Crippen molar-refractivity contribution in [1.82, 2.24) is 9.97 Å². The van der Waals surface area contributed by atoms with Crippen LogP contribution in [0.15, 0.2) is 30.6 Å². The number of carboxylic acids is 1. The lowest BCUT2D eigenvalue weighted by Crippen LogP contribution is -2.33. The van der Waals surface area contributed by atoms with Gasteiger partial charge in [-0.25, -0.2) is 9.97 Å². The number of nitrogens with zero attached hydrogens (tertiary/aromatic N) is 3. The van der Waals surface area contributed by atoms with E-state index in [1.54, 1.807) is 0 Å². The minimum Gasteiger partial charge on any atom is -0.481 e. The van der Waals surface area contributed by atoms with Crippen LogP contribution >= 0.6 is 0 Å². The predicted octanol–water partition coefficient (Wildman–Crippen LogP) is 3.46. The zero-order valence-electron chi connectivity index (χ0n) is 16.7. The highest BCUT2D eigenvalue weighted by Crippen LogP contribution is 2.63. The maximum Gasteiger partial charge on any atom is 0.307 e. The van der Waals surface area contributed by atoms with E-state index >= 15 is 0 Å². The lowest BCUT2D eigenvalue weighted by molar-refractivity contribution is -0.139. The first-order chi connectivity index (χ1) is 14.5. The molecule has 2 heterocycles. The molecule has 30 heavy (non-hydrogen) atoms. The highest BCUT2D eigenvalue weighted by atomic mass is 16.4. The number of nitrogen functional groups attached to an aromatic ring is 1. The molecule has 3 saturated carbocycles. The Hall–Kier alpha value is -2.96. The molecule has 2 spiro atoms. The molecule has 1 aromatic heterocycles. The normalized spacial score (nSPS) is 30.5. The molecule has 1 aliphatic heterocycles. The first-order valence-corrected chi connectivity index (χ1v) is 10.7. The van der Waals surface area contributed by atoms with Gasteiger partial charge in [-0.2, -0.15) is 0 Å². The molecule has 1 aromatic carbocycles. The number of fused-ring (bicyclic) bond motifs is 2. The summed E-state index contributed by atoms with van der Waals surface area (Å²) in [6, 6.07) is 8.32. The Kier molecular flexibility index (Phi) is 3.46. The van der Waals surface area contributed by atoms with Gasteiger partial charge in [0.2, 0.25) is 0 Å². The SMILES string of the molecule is Nc1ncnc2c1C(=O)N(c1ccc(C3CCC4(CC3)CC4C(=O)O)cc1)C21CC1. The van der Waals surface area contributed by atoms with E-state index in [4.69, 9.17) is 5.73 Å². The average Bonchev–Trinajstić information content (AvgIpc) is 3.64. The van der Waals surface area contributed by atoms with Gasteiger partial charge in [-0.05, 0) is 74.0 Å². The quantitative estimate of drug-likeness (QED) is 0.811. The summed E-state index contributed by atoms with van der Waals surface area (Å²) >= 11 is 0. The van der Waals surface area contributed by atoms with Gasteiger partial charge in [-0.15, -0.1) is 0 Å². The number of anilines is 2. The number of amides is 1. The fourth-order valence-corrected chi connectivity index (χ4v) is 5.99. The van der Waals surface area contributed by atoms with Crippen LogP contribution < -0.4 is 10.6 Å². The molecule has 1 amide bonds. The van der Waals surface area contributed by atoms with Gasteiger partial charge >= 0.3 is 5.97 Å². The Balaban J connectivity index is 1.22. The van der Waals surface area contributed by atoms with Crippen molar-refractivity contribution >= 4 is 23.4 Å². The number of carboxylic acid groups (broad SMARTS) is 1. The molecule has 6 rings (SSSR count). The molecule has 2 aromatic rings. The Labute approximate surface area is 174 Å². The van der Waals surface area contributed by atoms with Crippen LogP contribution in [0.25, 0.3) is 0 Å². The summed E-state index contributed by atoms with van der Waals surface area (Å²) in [5.41, 5.74) is 9.06. The molecule has 3 fully saturated rings. The molecule has 0 radical (unpaired) electrons. The van der Waals surface area contributed by atoms with E-state index in [0.29, 0.717) is 11.5 Å². The lowest BCUT2D eigenvalue weighted by Gasteiger charge is -2.30. The van der Waals surface area contributed by atoms with Crippen molar-refractivity contribution in [3.05, 3.63) is 47.4 Å². The topological polar surface area (TPSA) is 109 Å². The standard InChI is InChI=1S/C23H24N4O3/c24-19-17-18(25-12-26-19)23(9-10-23)27(20(17)28)15-3-1-13(2-4-15)14-5-7-22(8-6-14)11-16(22)21(29)30/h1-4,12,14,16H,5-11H2,(H,29,30)(H2,24,25,26). The van der Waals surface area contributed by atoms with E-state index in [1.165, 1.54) is 11.9 Å². The van der Waals surface area contributed by atoms with Crippen molar-refractivity contribution in [2.24, 2.45) is 11.3 Å². The van der Waals surface area contributed by atoms with Crippen molar-refractivity contribution in [2.75, 3.05) is 10.6 Å². The van der Waals surface area contributed by atoms with E-state index in [0.717, 1.165) is 56.3 Å². The van der Waals surface area contributed by atoms with Crippen LogP contribution in [0.2, 0.25) is 0 Å². The van der Waals surface area contributed by atoms with Gasteiger partial charge in [0.1, 0.15) is 17.7 Å². The van der Waals surface area contributed by atoms with Crippen molar-refractivity contribution in [1.29, 1.82) is 0 Å². The van der Waals surface area contributed by atoms with E-state index in [9.17, 15) is 14.7 Å². The molecule has 0 bridgehead atoms. The smallest absolute Gasteiger partial charge is 0.307 e. The fourth-order valence-electron chi connectivity index (χ4n) is 5.99. The van der Waals surface area contributed by atoms with Gasteiger partial charge in [0.05, 0.1) is 17.2 Å². The maximum atomic E-state index is 13.1. The summed E-state index contributed by atoms with van der Waals surface area (Å²) in [6.45, 7) is 0. The van der Waals surface area contributed by atoms with Crippen LogP contribution in [0.3, 0.4) is 0 Å². The summed E-state index contributed by atoms with van der Waals surface area (Å²) in [7, 11) is 0. The number of carbonyl (C=O) groups excluding carboxylic acids is 1. The molecule has 154 valence electrons. The van der Waals surface area contributed by atoms with Crippen molar-refractivity contribution in [3.8, 4) is 0 Å². The Morgan fingerprint density at radius 2 is 1.80 bits per heavy atom. The first kappa shape index (κ1) is 17.9. The molecule has 0 saturated heterocycles. The van der Waals surface area contributed by atoms with Crippen LogP contribution in [0.4, 0.5) is 11.5 Å². The van der Waals surface area contributed by atoms with Crippen LogP contribution in [0.5, 0.6) is 0 Å². The molecule has 7 nitrogen and oxygen atoms in total. The number of hydrogen-bond acceptors (Lipinski definition) is 5. The van der Waals surface area contributed by atoms with Crippen molar-refractivity contribution in [3.63, 3.8) is 0 Å². The largest absolute Gasteiger partial charge is 0.481 e. The summed E-state index contributed by atoms with van der Waals surface area (Å²) in [6.07, 6.45) is 8.13. The number of nitrogens with two attached hydrogens (primary N) is 1. The van der Waals surface area contributed by atoms with Gasteiger partial charge in [0, 0.05) is 5.69 Å². The molecular weight excluding hydrogens is 380 g/mol. The summed E-state index contributed by atoms with van der Waals surface area (Å²) in [5, 5.41) is 9.29. The summed E-state index contributed by atoms with van der Waals surface area (Å²) < 4.78 is 0. The third kappa shape index (κ3) is 2.32. The first-order valence-electron chi connectivity index (χ1n) is 10.7. The summed E-state index contributed by atoms with van der Waals surface area (Å²) in [5.74, 6) is -0.155. The minimum atomic E-state index is -0.631. The van der Waals surface area contributed by atoms with Gasteiger partial charge in [-0.1, -0.05) is 12.1 Å². The number of aromatic nitrogens is 2. The second-order valence-corrected chi connectivity index (χ2v) is 9.48. The molecular formula is C23H24N4O3. The van der Waals surface area contributed by atoms with Gasteiger partial charge in [-0.3, -0.25) is 14.5 Å². The predicted molar refractivity (Wildman–Crippen MR) is 110 cm³/mol. The molecule has 1 atom stereocenters. The lowest BCUT2D eigenvalue weighted by atomic mass is 9.76. The van der Waals surface area contributed by atoms with Gasteiger partial charge < -0.3 is 10.8 Å².